The molecule has 4 nitrogen and oxygen atoms in total. The smallest absolute Gasteiger partial charge is 0.244 e. The first-order valence-corrected chi connectivity index (χ1v) is 8.09. The zero-order valence-corrected chi connectivity index (χ0v) is 14.5. The van der Waals surface area contributed by atoms with E-state index in [2.05, 4.69) is 5.32 Å². The summed E-state index contributed by atoms with van der Waals surface area (Å²) >= 11 is 0. The molecule has 0 unspecified atom stereocenters. The highest BCUT2D eigenvalue weighted by Crippen LogP contribution is 2.41. The Hall–Kier alpha value is -2.62. The second kappa shape index (κ2) is 5.78. The van der Waals surface area contributed by atoms with Crippen LogP contribution in [0.25, 0.3) is 0 Å². The highest BCUT2D eigenvalue weighted by Gasteiger charge is 2.44. The van der Waals surface area contributed by atoms with Gasteiger partial charge in [0.25, 0.3) is 0 Å². The van der Waals surface area contributed by atoms with Crippen LogP contribution in [0.2, 0.25) is 0 Å². The number of carbonyl (C=O) groups is 2. The molecule has 0 radical (unpaired) electrons. The van der Waals surface area contributed by atoms with Crippen LogP contribution < -0.4 is 10.2 Å². The van der Waals surface area contributed by atoms with Gasteiger partial charge in [-0.25, -0.2) is 0 Å². The van der Waals surface area contributed by atoms with E-state index in [1.54, 1.807) is 4.90 Å². The SMILES string of the molecule is Cc1ccc2c(c1)C(C)(C)C(=O)N2CC(=O)Nc1ccccc1C. The Kier molecular flexibility index (Phi) is 3.91. The summed E-state index contributed by atoms with van der Waals surface area (Å²) in [6.07, 6.45) is 0. The number of nitrogens with zero attached hydrogens (tertiary/aromatic N) is 1. The van der Waals surface area contributed by atoms with Crippen LogP contribution in [0.1, 0.15) is 30.5 Å². The summed E-state index contributed by atoms with van der Waals surface area (Å²) < 4.78 is 0. The van der Waals surface area contributed by atoms with Crippen molar-refractivity contribution in [3.8, 4) is 0 Å². The molecular weight excluding hydrogens is 300 g/mol. The van der Waals surface area contributed by atoms with Crippen molar-refractivity contribution in [1.29, 1.82) is 0 Å². The largest absolute Gasteiger partial charge is 0.324 e. The van der Waals surface area contributed by atoms with Crippen molar-refractivity contribution in [2.24, 2.45) is 0 Å². The fourth-order valence-corrected chi connectivity index (χ4v) is 3.15. The number of hydrogen-bond acceptors (Lipinski definition) is 2. The lowest BCUT2D eigenvalue weighted by Crippen LogP contribution is -2.40. The van der Waals surface area contributed by atoms with Crippen molar-refractivity contribution in [3.05, 3.63) is 59.2 Å². The minimum Gasteiger partial charge on any atom is -0.324 e. The number of nitrogens with one attached hydrogen (secondary N) is 1. The number of aryl methyl sites for hydroxylation is 2. The van der Waals surface area contributed by atoms with E-state index in [4.69, 9.17) is 0 Å². The molecule has 0 saturated carbocycles. The maximum absolute atomic E-state index is 12.8. The fourth-order valence-electron chi connectivity index (χ4n) is 3.15. The fraction of sp³-hybridized carbons (Fsp3) is 0.300. The third-order valence-electron chi connectivity index (χ3n) is 4.62. The summed E-state index contributed by atoms with van der Waals surface area (Å²) in [6.45, 7) is 7.79. The zero-order valence-electron chi connectivity index (χ0n) is 14.5. The molecule has 1 heterocycles. The molecule has 1 N–H and O–H groups in total. The number of amides is 2. The van der Waals surface area contributed by atoms with Gasteiger partial charge < -0.3 is 10.2 Å². The molecule has 0 spiro atoms. The second-order valence-corrected chi connectivity index (χ2v) is 6.90. The minimum atomic E-state index is -0.607. The molecule has 0 fully saturated rings. The maximum atomic E-state index is 12.8. The molecular formula is C20H22N2O2. The van der Waals surface area contributed by atoms with Gasteiger partial charge in [0, 0.05) is 11.4 Å². The Labute approximate surface area is 142 Å². The van der Waals surface area contributed by atoms with E-state index in [0.717, 1.165) is 28.1 Å². The molecule has 0 aliphatic carbocycles. The summed E-state index contributed by atoms with van der Waals surface area (Å²) in [5.74, 6) is -0.232. The van der Waals surface area contributed by atoms with Gasteiger partial charge in [0.15, 0.2) is 0 Å². The second-order valence-electron chi connectivity index (χ2n) is 6.90. The van der Waals surface area contributed by atoms with Gasteiger partial charge in [0.05, 0.1) is 5.41 Å². The summed E-state index contributed by atoms with van der Waals surface area (Å²) in [4.78, 5) is 26.8. The highest BCUT2D eigenvalue weighted by molar-refractivity contribution is 6.11. The number of para-hydroxylation sites is 1. The van der Waals surface area contributed by atoms with Crippen LogP contribution in [0.5, 0.6) is 0 Å². The van der Waals surface area contributed by atoms with Crippen molar-refractivity contribution in [2.75, 3.05) is 16.8 Å². The number of benzene rings is 2. The average Bonchev–Trinajstić information content (AvgIpc) is 2.71. The van der Waals surface area contributed by atoms with Gasteiger partial charge in [0.1, 0.15) is 6.54 Å². The molecule has 2 aromatic rings. The van der Waals surface area contributed by atoms with Crippen molar-refractivity contribution >= 4 is 23.2 Å². The van der Waals surface area contributed by atoms with Crippen molar-refractivity contribution in [2.45, 2.75) is 33.1 Å². The van der Waals surface area contributed by atoms with E-state index in [1.165, 1.54) is 0 Å². The van der Waals surface area contributed by atoms with E-state index in [-0.39, 0.29) is 18.4 Å². The Morgan fingerprint density at radius 3 is 2.54 bits per heavy atom. The standard InChI is InChI=1S/C20H22N2O2/c1-13-9-10-17-15(11-13)20(3,4)19(24)22(17)12-18(23)21-16-8-6-5-7-14(16)2/h5-11H,12H2,1-4H3,(H,21,23). The van der Waals surface area contributed by atoms with E-state index < -0.39 is 5.41 Å². The number of rotatable bonds is 3. The van der Waals surface area contributed by atoms with Crippen molar-refractivity contribution in [1.82, 2.24) is 0 Å². The van der Waals surface area contributed by atoms with E-state index >= 15 is 0 Å². The van der Waals surface area contributed by atoms with Gasteiger partial charge in [-0.2, -0.15) is 0 Å². The van der Waals surface area contributed by atoms with Crippen LogP contribution in [0.3, 0.4) is 0 Å². The van der Waals surface area contributed by atoms with Crippen LogP contribution in [0.15, 0.2) is 42.5 Å². The summed E-state index contributed by atoms with van der Waals surface area (Å²) in [7, 11) is 0. The third kappa shape index (κ3) is 2.68. The highest BCUT2D eigenvalue weighted by atomic mass is 16.2. The van der Waals surface area contributed by atoms with Gasteiger partial charge in [-0.15, -0.1) is 0 Å². The van der Waals surface area contributed by atoms with Gasteiger partial charge in [-0.3, -0.25) is 9.59 Å². The summed E-state index contributed by atoms with van der Waals surface area (Å²) in [5, 5.41) is 2.89. The maximum Gasteiger partial charge on any atom is 0.244 e. The Morgan fingerprint density at radius 2 is 1.83 bits per heavy atom. The number of hydrogen-bond donors (Lipinski definition) is 1. The first-order valence-electron chi connectivity index (χ1n) is 8.09. The van der Waals surface area contributed by atoms with Crippen LogP contribution >= 0.6 is 0 Å². The first-order chi connectivity index (χ1) is 11.3. The number of anilines is 2. The van der Waals surface area contributed by atoms with Gasteiger partial charge >= 0.3 is 0 Å². The molecule has 124 valence electrons. The predicted molar refractivity (Wildman–Crippen MR) is 96.4 cm³/mol. The lowest BCUT2D eigenvalue weighted by molar-refractivity contribution is -0.124. The van der Waals surface area contributed by atoms with Crippen molar-refractivity contribution in [3.63, 3.8) is 0 Å². The van der Waals surface area contributed by atoms with Gasteiger partial charge in [-0.05, 0) is 51.0 Å². The molecule has 0 atom stereocenters. The average molecular weight is 322 g/mol. The molecule has 0 aromatic heterocycles. The van der Waals surface area contributed by atoms with E-state index in [0.29, 0.717) is 0 Å². The lowest BCUT2D eigenvalue weighted by Gasteiger charge is -2.20. The molecule has 2 aromatic carbocycles. The number of fused-ring (bicyclic) bond motifs is 1. The molecule has 4 heteroatoms. The Bertz CT molecular complexity index is 824. The summed E-state index contributed by atoms with van der Waals surface area (Å²) in [6, 6.07) is 13.5. The van der Waals surface area contributed by atoms with E-state index in [9.17, 15) is 9.59 Å². The molecule has 24 heavy (non-hydrogen) atoms. The monoisotopic (exact) mass is 322 g/mol. The van der Waals surface area contributed by atoms with Crippen LogP contribution in [-0.4, -0.2) is 18.4 Å². The minimum absolute atomic E-state index is 0.0205. The molecule has 0 bridgehead atoms. The topological polar surface area (TPSA) is 49.4 Å². The van der Waals surface area contributed by atoms with Crippen LogP contribution in [-0.2, 0) is 15.0 Å². The molecule has 2 amide bonds. The summed E-state index contributed by atoms with van der Waals surface area (Å²) in [5.41, 5.74) is 4.09. The first kappa shape index (κ1) is 16.2. The normalized spacial score (nSPS) is 15.3. The third-order valence-corrected chi connectivity index (χ3v) is 4.62. The molecule has 3 rings (SSSR count). The number of carbonyl (C=O) groups excluding carboxylic acids is 2. The van der Waals surface area contributed by atoms with E-state index in [1.807, 2.05) is 70.2 Å². The molecule has 0 saturated heterocycles. The van der Waals surface area contributed by atoms with Gasteiger partial charge in [0.2, 0.25) is 11.8 Å². The Morgan fingerprint density at radius 1 is 1.12 bits per heavy atom. The lowest BCUT2D eigenvalue weighted by atomic mass is 9.85. The zero-order chi connectivity index (χ0) is 17.5. The van der Waals surface area contributed by atoms with Crippen LogP contribution in [0, 0.1) is 13.8 Å². The predicted octanol–water partition coefficient (Wildman–Crippen LogP) is 3.57. The molecule has 1 aliphatic rings. The van der Waals surface area contributed by atoms with Gasteiger partial charge in [-0.1, -0.05) is 35.9 Å². The quantitative estimate of drug-likeness (QED) is 0.939. The van der Waals surface area contributed by atoms with Crippen LogP contribution in [0.4, 0.5) is 11.4 Å². The molecule has 1 aliphatic heterocycles. The van der Waals surface area contributed by atoms with Crippen molar-refractivity contribution < 1.29 is 9.59 Å². The Balaban J connectivity index is 1.85.